The third kappa shape index (κ3) is 6.34. The smallest absolute Gasteiger partial charge is 0.386 e. The van der Waals surface area contributed by atoms with E-state index in [-0.39, 0.29) is 0 Å². The summed E-state index contributed by atoms with van der Waals surface area (Å²) in [5, 5.41) is 10.7. The van der Waals surface area contributed by atoms with Crippen LogP contribution in [0.5, 0.6) is 0 Å². The van der Waals surface area contributed by atoms with Crippen molar-refractivity contribution >= 4 is 46.7 Å². The van der Waals surface area contributed by atoms with E-state index in [0.29, 0.717) is 4.57 Å². The normalized spacial score (nSPS) is 30.6. The van der Waals surface area contributed by atoms with Crippen molar-refractivity contribution in [3.8, 4) is 0 Å². The summed E-state index contributed by atoms with van der Waals surface area (Å²) < 4.78 is 51.5. The number of ether oxygens (including phenoxy) is 1. The van der Waals surface area contributed by atoms with Crippen molar-refractivity contribution in [2.45, 2.75) is 16.7 Å². The molecule has 6 N–H and O–H groups in total. The second kappa shape index (κ2) is 9.09. The highest BCUT2D eigenvalue weighted by Crippen LogP contribution is 2.66. The molecule has 2 rings (SSSR count). The standard InChI is InChI=1S/C10H15Cl2N2O14P3/c11-3-9(4-26-30(21,22)28-31(23,24)27-29(18,19)20)7(16)10(12,5-25-9)14-2-1-6(15)13-8(14)17/h1-2,7,16H,3-5H2,(H,21,22)(H,23,24)(H,13,15,17)(H2,18,19,20)/t7-,9-,10+/m1/s1. The van der Waals surface area contributed by atoms with E-state index in [1.54, 1.807) is 0 Å². The molecule has 0 bridgehead atoms. The van der Waals surface area contributed by atoms with Crippen LogP contribution in [0.25, 0.3) is 0 Å². The highest BCUT2D eigenvalue weighted by Gasteiger charge is 2.60. The van der Waals surface area contributed by atoms with Crippen molar-refractivity contribution in [2.24, 2.45) is 0 Å². The minimum Gasteiger partial charge on any atom is -0.386 e. The van der Waals surface area contributed by atoms with Gasteiger partial charge in [-0.2, -0.15) is 8.62 Å². The topological polar surface area (TPSA) is 244 Å². The Bertz CT molecular complexity index is 1090. The van der Waals surface area contributed by atoms with E-state index in [0.717, 1.165) is 12.3 Å². The van der Waals surface area contributed by atoms with Gasteiger partial charge in [-0.05, 0) is 0 Å². The Morgan fingerprint density at radius 3 is 2.32 bits per heavy atom. The molecule has 31 heavy (non-hydrogen) atoms. The number of aromatic nitrogens is 2. The van der Waals surface area contributed by atoms with Gasteiger partial charge in [0.2, 0.25) is 0 Å². The Labute approximate surface area is 181 Å². The first-order valence-electron chi connectivity index (χ1n) is 7.63. The number of phosphoric ester groups is 1. The number of aliphatic hydroxyl groups is 1. The maximum Gasteiger partial charge on any atom is 0.490 e. The molecule has 0 saturated carbocycles. The van der Waals surface area contributed by atoms with Crippen LogP contribution in [-0.4, -0.2) is 65.0 Å². The van der Waals surface area contributed by atoms with E-state index in [2.05, 4.69) is 13.1 Å². The molecular formula is C10H15Cl2N2O14P3. The van der Waals surface area contributed by atoms with E-state index in [1.165, 1.54) is 0 Å². The van der Waals surface area contributed by atoms with Crippen LogP contribution >= 0.6 is 46.7 Å². The lowest BCUT2D eigenvalue weighted by Gasteiger charge is -2.33. The van der Waals surface area contributed by atoms with Crippen LogP contribution in [0.4, 0.5) is 0 Å². The first-order chi connectivity index (χ1) is 14.0. The number of alkyl halides is 2. The first kappa shape index (κ1) is 26.8. The zero-order valence-corrected chi connectivity index (χ0v) is 19.0. The molecule has 0 amide bonds. The summed E-state index contributed by atoms with van der Waals surface area (Å²) in [6.45, 7) is -1.73. The van der Waals surface area contributed by atoms with Crippen LogP contribution in [-0.2, 0) is 36.6 Å². The highest BCUT2D eigenvalue weighted by atomic mass is 35.5. The Kier molecular flexibility index (Phi) is 7.87. The Morgan fingerprint density at radius 2 is 1.81 bits per heavy atom. The Hall–Kier alpha value is -0.410. The van der Waals surface area contributed by atoms with Gasteiger partial charge in [0, 0.05) is 12.3 Å². The molecule has 1 aromatic heterocycles. The number of phosphoric acid groups is 3. The number of nitrogens with one attached hydrogen (secondary N) is 1. The lowest BCUT2D eigenvalue weighted by molar-refractivity contribution is -0.0748. The fourth-order valence-corrected chi connectivity index (χ4v) is 6.25. The SMILES string of the molecule is O=c1ccn([C@@]2(Cl)CO[C@](CCl)(COP(=O)(O)OP(=O)(O)OP(=O)(O)O)[C@H]2O)c(=O)[nH]1. The molecule has 1 saturated heterocycles. The van der Waals surface area contributed by atoms with Gasteiger partial charge in [-0.25, -0.2) is 18.5 Å². The number of aliphatic hydroxyl groups excluding tert-OH is 1. The van der Waals surface area contributed by atoms with Crippen LogP contribution in [0, 0.1) is 0 Å². The van der Waals surface area contributed by atoms with Crippen LogP contribution < -0.4 is 11.2 Å². The van der Waals surface area contributed by atoms with Crippen molar-refractivity contribution in [3.05, 3.63) is 33.1 Å². The van der Waals surface area contributed by atoms with Gasteiger partial charge >= 0.3 is 29.2 Å². The molecule has 0 aromatic carbocycles. The molecule has 1 fully saturated rings. The Balaban J connectivity index is 2.22. The van der Waals surface area contributed by atoms with E-state index in [4.69, 9.17) is 42.6 Å². The van der Waals surface area contributed by atoms with E-state index in [1.807, 2.05) is 4.98 Å². The third-order valence-electron chi connectivity index (χ3n) is 3.82. The molecule has 2 unspecified atom stereocenters. The van der Waals surface area contributed by atoms with Crippen molar-refractivity contribution in [1.29, 1.82) is 0 Å². The van der Waals surface area contributed by atoms with Crippen LogP contribution in [0.2, 0.25) is 0 Å². The molecule has 16 nitrogen and oxygen atoms in total. The van der Waals surface area contributed by atoms with Crippen molar-refractivity contribution in [1.82, 2.24) is 9.55 Å². The van der Waals surface area contributed by atoms with Gasteiger partial charge in [-0.1, -0.05) is 11.6 Å². The van der Waals surface area contributed by atoms with Gasteiger partial charge < -0.3 is 29.4 Å². The largest absolute Gasteiger partial charge is 0.490 e. The van der Waals surface area contributed by atoms with Gasteiger partial charge in [0.1, 0.15) is 11.7 Å². The predicted molar refractivity (Wildman–Crippen MR) is 100 cm³/mol. The summed E-state index contributed by atoms with van der Waals surface area (Å²) >= 11 is 12.1. The number of hydrogen-bond donors (Lipinski definition) is 6. The molecule has 1 aromatic rings. The quantitative estimate of drug-likeness (QED) is 0.162. The van der Waals surface area contributed by atoms with E-state index < -0.39 is 70.5 Å². The molecule has 1 aliphatic heterocycles. The Morgan fingerprint density at radius 1 is 1.19 bits per heavy atom. The number of aromatic amines is 1. The monoisotopic (exact) mass is 550 g/mol. The number of rotatable bonds is 9. The van der Waals surface area contributed by atoms with Gasteiger partial charge in [-0.3, -0.25) is 18.9 Å². The maximum atomic E-state index is 12.0. The van der Waals surface area contributed by atoms with E-state index in [9.17, 15) is 33.3 Å². The van der Waals surface area contributed by atoms with Crippen LogP contribution in [0.3, 0.4) is 0 Å². The average molecular weight is 551 g/mol. The molecule has 178 valence electrons. The van der Waals surface area contributed by atoms with Gasteiger partial charge in [0.15, 0.2) is 5.00 Å². The van der Waals surface area contributed by atoms with Crippen LogP contribution in [0.1, 0.15) is 0 Å². The van der Waals surface area contributed by atoms with Crippen molar-refractivity contribution in [2.75, 3.05) is 19.1 Å². The molecule has 2 heterocycles. The van der Waals surface area contributed by atoms with Crippen molar-refractivity contribution < 1.29 is 56.3 Å². The fourth-order valence-electron chi connectivity index (χ4n) is 2.48. The number of H-pyrrole nitrogens is 1. The molecular weight excluding hydrogens is 536 g/mol. The number of nitrogens with zero attached hydrogens (tertiary/aromatic N) is 1. The van der Waals surface area contributed by atoms with Gasteiger partial charge in [0.05, 0.1) is 19.1 Å². The first-order valence-corrected chi connectivity index (χ1v) is 13.1. The van der Waals surface area contributed by atoms with Crippen LogP contribution in [0.15, 0.2) is 21.9 Å². The van der Waals surface area contributed by atoms with Gasteiger partial charge in [-0.15, -0.1) is 11.6 Å². The summed E-state index contributed by atoms with van der Waals surface area (Å²) in [6.07, 6.45) is -0.969. The zero-order valence-electron chi connectivity index (χ0n) is 14.8. The third-order valence-corrected chi connectivity index (χ3v) is 8.55. The maximum absolute atomic E-state index is 12.0. The number of hydrogen-bond acceptors (Lipinski definition) is 10. The minimum atomic E-state index is -5.77. The molecule has 0 radical (unpaired) electrons. The predicted octanol–water partition coefficient (Wildman–Crippen LogP) is -0.860. The lowest BCUT2D eigenvalue weighted by Crippen LogP contribution is -2.54. The molecule has 0 aliphatic carbocycles. The van der Waals surface area contributed by atoms with Crippen molar-refractivity contribution in [3.63, 3.8) is 0 Å². The molecule has 21 heteroatoms. The summed E-state index contributed by atoms with van der Waals surface area (Å²) in [4.78, 5) is 58.8. The molecule has 1 aliphatic rings. The second-order valence-electron chi connectivity index (χ2n) is 6.05. The highest BCUT2D eigenvalue weighted by molar-refractivity contribution is 7.66. The summed E-state index contributed by atoms with van der Waals surface area (Å²) in [5.74, 6) is -0.656. The summed E-state index contributed by atoms with van der Waals surface area (Å²) in [6, 6.07) is 0.922. The second-order valence-corrected chi connectivity index (χ2v) is 11.4. The van der Waals surface area contributed by atoms with E-state index >= 15 is 0 Å². The number of halogens is 2. The lowest BCUT2D eigenvalue weighted by atomic mass is 9.96. The van der Waals surface area contributed by atoms with Gasteiger partial charge in [0.25, 0.3) is 5.56 Å². The molecule has 0 spiro atoms. The zero-order chi connectivity index (χ0) is 23.9. The fraction of sp³-hybridized carbons (Fsp3) is 0.600. The minimum absolute atomic E-state index is 0.617. The molecule has 5 atom stereocenters. The summed E-state index contributed by atoms with van der Waals surface area (Å²) in [7, 11) is -16.9. The summed E-state index contributed by atoms with van der Waals surface area (Å²) in [5.41, 5.74) is -3.86. The average Bonchev–Trinajstić information content (AvgIpc) is 2.83.